The third-order valence-corrected chi connectivity index (χ3v) is 6.33. The molecule has 1 N–H and O–H groups in total. The molecule has 1 aliphatic rings. The van der Waals surface area contributed by atoms with Gasteiger partial charge in [-0.15, -0.1) is 0 Å². The van der Waals surface area contributed by atoms with Gasteiger partial charge in [0, 0.05) is 22.8 Å². The fourth-order valence-electron chi connectivity index (χ4n) is 3.97. The summed E-state index contributed by atoms with van der Waals surface area (Å²) in [6.45, 7) is 2.55. The Labute approximate surface area is 206 Å². The maximum atomic E-state index is 13.4. The average molecular weight is 491 g/mol. The Kier molecular flexibility index (Phi) is 6.13. The van der Waals surface area contributed by atoms with Crippen LogP contribution in [-0.2, 0) is 6.54 Å². The van der Waals surface area contributed by atoms with Gasteiger partial charge in [0.25, 0.3) is 5.89 Å². The van der Waals surface area contributed by atoms with Gasteiger partial charge in [-0.05, 0) is 66.7 Å². The van der Waals surface area contributed by atoms with Crippen LogP contribution in [0.25, 0.3) is 17.0 Å². The zero-order valence-corrected chi connectivity index (χ0v) is 19.8. The number of nitrogens with zero attached hydrogens (tertiary/aromatic N) is 3. The van der Waals surface area contributed by atoms with E-state index in [-0.39, 0.29) is 11.9 Å². The number of nitrogens with one attached hydrogen (secondary N) is 1. The Hall–Kier alpha value is -3.55. The van der Waals surface area contributed by atoms with Crippen LogP contribution >= 0.6 is 23.8 Å². The molecule has 0 saturated heterocycles. The molecule has 0 amide bonds. The Balaban J connectivity index is 1.58. The number of benzene rings is 3. The molecule has 1 atom stereocenters. The van der Waals surface area contributed by atoms with Gasteiger partial charge < -0.3 is 14.7 Å². The molecule has 1 aromatic heterocycles. The second kappa shape index (κ2) is 9.37. The van der Waals surface area contributed by atoms with E-state index in [9.17, 15) is 4.39 Å². The summed E-state index contributed by atoms with van der Waals surface area (Å²) in [5.41, 5.74) is 4.48. The molecule has 0 saturated carbocycles. The molecular weight excluding hydrogens is 471 g/mol. The summed E-state index contributed by atoms with van der Waals surface area (Å²) in [7, 11) is 0. The van der Waals surface area contributed by atoms with E-state index >= 15 is 0 Å². The predicted octanol–water partition coefficient (Wildman–Crippen LogP) is 6.39. The van der Waals surface area contributed by atoms with Gasteiger partial charge in [0.1, 0.15) is 5.82 Å². The van der Waals surface area contributed by atoms with E-state index in [0.717, 1.165) is 22.4 Å². The quantitative estimate of drug-likeness (QED) is 0.327. The van der Waals surface area contributed by atoms with Crippen LogP contribution in [0, 0.1) is 5.82 Å². The van der Waals surface area contributed by atoms with Crippen LogP contribution < -0.4 is 5.32 Å². The highest BCUT2D eigenvalue weighted by Crippen LogP contribution is 2.38. The van der Waals surface area contributed by atoms with E-state index < -0.39 is 0 Å². The van der Waals surface area contributed by atoms with Crippen LogP contribution in [0.3, 0.4) is 0 Å². The first-order valence-electron chi connectivity index (χ1n) is 10.7. The van der Waals surface area contributed by atoms with Crippen molar-refractivity contribution in [3.8, 4) is 11.4 Å². The van der Waals surface area contributed by atoms with Crippen LogP contribution in [-0.4, -0.2) is 20.2 Å². The van der Waals surface area contributed by atoms with Crippen molar-refractivity contribution < 1.29 is 8.91 Å². The van der Waals surface area contributed by atoms with E-state index in [1.807, 2.05) is 66.4 Å². The molecule has 1 unspecified atom stereocenters. The molecule has 0 fully saturated rings. The van der Waals surface area contributed by atoms with Crippen molar-refractivity contribution in [3.05, 3.63) is 112 Å². The van der Waals surface area contributed by atoms with Gasteiger partial charge in [0.15, 0.2) is 5.11 Å². The molecule has 3 aromatic carbocycles. The van der Waals surface area contributed by atoms with E-state index in [0.29, 0.717) is 34.0 Å². The molecule has 0 bridgehead atoms. The lowest BCUT2D eigenvalue weighted by Crippen LogP contribution is -2.45. The minimum absolute atomic E-state index is 0.267. The zero-order chi connectivity index (χ0) is 23.7. The molecule has 2 heterocycles. The number of hydrogen-bond donors (Lipinski definition) is 1. The Morgan fingerprint density at radius 3 is 2.44 bits per heavy atom. The summed E-state index contributed by atoms with van der Waals surface area (Å²) >= 11 is 11.8. The number of rotatable bonds is 5. The Morgan fingerprint density at radius 1 is 1.03 bits per heavy atom. The van der Waals surface area contributed by atoms with Gasteiger partial charge >= 0.3 is 0 Å². The Morgan fingerprint density at radius 2 is 1.74 bits per heavy atom. The van der Waals surface area contributed by atoms with Crippen molar-refractivity contribution in [2.45, 2.75) is 19.5 Å². The second-order valence-electron chi connectivity index (χ2n) is 7.93. The largest absolute Gasteiger partial charge is 0.351 e. The van der Waals surface area contributed by atoms with E-state index in [4.69, 9.17) is 28.3 Å². The number of halogens is 2. The minimum Gasteiger partial charge on any atom is -0.351 e. The standard InChI is InChI=1S/C26H20ClFN4OS/c1-16-22(25-30-24(31-33-25)19-9-13-21(28)14-10-19)23(18-5-3-2-4-6-18)29-26(34)32(16)15-17-7-11-20(27)12-8-17/h2-14,23H,15H2,1H3,(H,29,34). The van der Waals surface area contributed by atoms with Gasteiger partial charge in [-0.2, -0.15) is 4.98 Å². The van der Waals surface area contributed by atoms with E-state index in [1.165, 1.54) is 12.1 Å². The average Bonchev–Trinajstić information content (AvgIpc) is 3.33. The fourth-order valence-corrected chi connectivity index (χ4v) is 4.41. The normalized spacial score (nSPS) is 16.0. The maximum absolute atomic E-state index is 13.4. The number of aromatic nitrogens is 2. The lowest BCUT2D eigenvalue weighted by molar-refractivity contribution is 0.396. The summed E-state index contributed by atoms with van der Waals surface area (Å²) < 4.78 is 19.1. The molecule has 170 valence electrons. The smallest absolute Gasteiger partial charge is 0.258 e. The van der Waals surface area contributed by atoms with Gasteiger partial charge in [-0.1, -0.05) is 59.2 Å². The summed E-state index contributed by atoms with van der Waals surface area (Å²) in [4.78, 5) is 6.66. The predicted molar refractivity (Wildman–Crippen MR) is 134 cm³/mol. The SMILES string of the molecule is CC1=C(c2nc(-c3ccc(F)cc3)no2)C(c2ccccc2)NC(=S)N1Cc1ccc(Cl)cc1. The molecule has 8 heteroatoms. The topological polar surface area (TPSA) is 54.2 Å². The number of allylic oxidation sites excluding steroid dienone is 1. The molecule has 0 spiro atoms. The van der Waals surface area contributed by atoms with Crippen molar-refractivity contribution in [3.63, 3.8) is 0 Å². The highest BCUT2D eigenvalue weighted by molar-refractivity contribution is 7.80. The van der Waals surface area contributed by atoms with Crippen LogP contribution in [0.2, 0.25) is 5.02 Å². The highest BCUT2D eigenvalue weighted by atomic mass is 35.5. The highest BCUT2D eigenvalue weighted by Gasteiger charge is 2.34. The second-order valence-corrected chi connectivity index (χ2v) is 8.76. The van der Waals surface area contributed by atoms with Crippen molar-refractivity contribution in [2.75, 3.05) is 0 Å². The molecule has 0 aliphatic carbocycles. The van der Waals surface area contributed by atoms with Crippen molar-refractivity contribution in [1.29, 1.82) is 0 Å². The van der Waals surface area contributed by atoms with Crippen LogP contribution in [0.1, 0.15) is 30.0 Å². The Bertz CT molecular complexity index is 1350. The molecule has 4 aromatic rings. The van der Waals surface area contributed by atoms with Crippen molar-refractivity contribution in [2.24, 2.45) is 0 Å². The number of hydrogen-bond acceptors (Lipinski definition) is 4. The van der Waals surface area contributed by atoms with E-state index in [1.54, 1.807) is 12.1 Å². The number of thiocarbonyl (C=S) groups is 1. The lowest BCUT2D eigenvalue weighted by atomic mass is 9.94. The van der Waals surface area contributed by atoms with Crippen LogP contribution in [0.4, 0.5) is 4.39 Å². The third kappa shape index (κ3) is 4.44. The summed E-state index contributed by atoms with van der Waals surface area (Å²) in [6, 6.07) is 23.4. The molecule has 5 rings (SSSR count). The fraction of sp³-hybridized carbons (Fsp3) is 0.115. The minimum atomic E-state index is -0.321. The third-order valence-electron chi connectivity index (χ3n) is 5.74. The van der Waals surface area contributed by atoms with Crippen molar-refractivity contribution in [1.82, 2.24) is 20.4 Å². The molecule has 5 nitrogen and oxygen atoms in total. The summed E-state index contributed by atoms with van der Waals surface area (Å²) in [5, 5.41) is 8.88. The van der Waals surface area contributed by atoms with Gasteiger partial charge in [-0.3, -0.25) is 0 Å². The van der Waals surface area contributed by atoms with Gasteiger partial charge in [0.2, 0.25) is 5.82 Å². The van der Waals surface area contributed by atoms with E-state index in [2.05, 4.69) is 15.5 Å². The van der Waals surface area contributed by atoms with Gasteiger partial charge in [0.05, 0.1) is 11.6 Å². The molecule has 1 aliphatic heterocycles. The lowest BCUT2D eigenvalue weighted by Gasteiger charge is -2.37. The maximum Gasteiger partial charge on any atom is 0.258 e. The first-order chi connectivity index (χ1) is 16.5. The molecule has 34 heavy (non-hydrogen) atoms. The molecular formula is C26H20ClFN4OS. The zero-order valence-electron chi connectivity index (χ0n) is 18.2. The first kappa shape index (κ1) is 22.3. The van der Waals surface area contributed by atoms with Crippen molar-refractivity contribution >= 4 is 34.5 Å². The summed E-state index contributed by atoms with van der Waals surface area (Å²) in [6.07, 6.45) is 0. The van der Waals surface area contributed by atoms with Crippen LogP contribution in [0.5, 0.6) is 0 Å². The monoisotopic (exact) mass is 490 g/mol. The van der Waals surface area contributed by atoms with Crippen LogP contribution in [0.15, 0.2) is 89.1 Å². The van der Waals surface area contributed by atoms with Gasteiger partial charge in [-0.25, -0.2) is 4.39 Å². The first-order valence-corrected chi connectivity index (χ1v) is 11.5. The summed E-state index contributed by atoms with van der Waals surface area (Å²) in [5.74, 6) is 0.444. The molecule has 0 radical (unpaired) electrons.